The molecule has 1 aromatic heterocycles. The number of benzene rings is 1. The molecule has 0 bridgehead atoms. The average Bonchev–Trinajstić information content (AvgIpc) is 2.97. The molecular formula is C19H23ClFN3O2S. The summed E-state index contributed by atoms with van der Waals surface area (Å²) >= 11 is 1.23. The third-order valence-electron chi connectivity index (χ3n) is 4.59. The van der Waals surface area contributed by atoms with Gasteiger partial charge >= 0.3 is 0 Å². The van der Waals surface area contributed by atoms with E-state index in [4.69, 9.17) is 0 Å². The molecule has 1 aliphatic heterocycles. The maximum absolute atomic E-state index is 13.3. The first-order valence-electron chi connectivity index (χ1n) is 8.63. The van der Waals surface area contributed by atoms with Crippen molar-refractivity contribution in [1.29, 1.82) is 0 Å². The summed E-state index contributed by atoms with van der Waals surface area (Å²) in [6.45, 7) is 5.71. The van der Waals surface area contributed by atoms with Gasteiger partial charge in [-0.05, 0) is 55.6 Å². The highest BCUT2D eigenvalue weighted by atomic mass is 35.5. The Hall–Kier alpha value is -1.96. The van der Waals surface area contributed by atoms with Crippen LogP contribution >= 0.6 is 23.7 Å². The van der Waals surface area contributed by atoms with Crippen LogP contribution in [-0.4, -0.2) is 30.9 Å². The lowest BCUT2D eigenvalue weighted by atomic mass is 9.95. The van der Waals surface area contributed by atoms with E-state index in [1.165, 1.54) is 29.5 Å². The van der Waals surface area contributed by atoms with Gasteiger partial charge in [0.05, 0.1) is 9.88 Å². The molecule has 2 heterocycles. The smallest absolute Gasteiger partial charge is 0.261 e. The van der Waals surface area contributed by atoms with Crippen LogP contribution in [0.25, 0.3) is 0 Å². The minimum absolute atomic E-state index is 0. The number of piperidine rings is 1. The first-order chi connectivity index (χ1) is 12.4. The SMILES string of the molecule is Cc1cc(NC(=O)c2cccc(F)c2)sc1C(=O)NC1CNCCC1C.Cl. The van der Waals surface area contributed by atoms with Gasteiger partial charge in [0.15, 0.2) is 0 Å². The normalized spacial score (nSPS) is 19.1. The summed E-state index contributed by atoms with van der Waals surface area (Å²) in [5.74, 6) is -0.565. The highest BCUT2D eigenvalue weighted by Gasteiger charge is 2.24. The molecule has 0 saturated carbocycles. The van der Waals surface area contributed by atoms with Crippen molar-refractivity contribution >= 4 is 40.6 Å². The molecule has 1 aromatic carbocycles. The van der Waals surface area contributed by atoms with Crippen LogP contribution in [0.3, 0.4) is 0 Å². The van der Waals surface area contributed by atoms with Crippen molar-refractivity contribution in [3.63, 3.8) is 0 Å². The molecule has 146 valence electrons. The minimum Gasteiger partial charge on any atom is -0.347 e. The number of rotatable bonds is 4. The molecule has 0 aliphatic carbocycles. The number of nitrogens with one attached hydrogen (secondary N) is 3. The average molecular weight is 412 g/mol. The number of carbonyl (C=O) groups is 2. The largest absolute Gasteiger partial charge is 0.347 e. The molecule has 0 radical (unpaired) electrons. The van der Waals surface area contributed by atoms with Crippen LogP contribution in [0.2, 0.25) is 0 Å². The first-order valence-corrected chi connectivity index (χ1v) is 9.44. The van der Waals surface area contributed by atoms with Crippen LogP contribution in [-0.2, 0) is 0 Å². The highest BCUT2D eigenvalue weighted by molar-refractivity contribution is 7.18. The quantitative estimate of drug-likeness (QED) is 0.720. The predicted molar refractivity (Wildman–Crippen MR) is 109 cm³/mol. The Morgan fingerprint density at radius 3 is 2.74 bits per heavy atom. The molecule has 1 aliphatic rings. The van der Waals surface area contributed by atoms with Crippen LogP contribution < -0.4 is 16.0 Å². The molecule has 3 rings (SSSR count). The topological polar surface area (TPSA) is 70.2 Å². The maximum atomic E-state index is 13.3. The molecule has 0 spiro atoms. The monoisotopic (exact) mass is 411 g/mol. The van der Waals surface area contributed by atoms with Gasteiger partial charge in [0.1, 0.15) is 5.82 Å². The number of aryl methyl sites for hydroxylation is 1. The number of hydrogen-bond donors (Lipinski definition) is 3. The van der Waals surface area contributed by atoms with E-state index in [9.17, 15) is 14.0 Å². The van der Waals surface area contributed by atoms with Crippen molar-refractivity contribution in [3.05, 3.63) is 52.2 Å². The van der Waals surface area contributed by atoms with Crippen LogP contribution in [0, 0.1) is 18.7 Å². The second-order valence-corrected chi connectivity index (χ2v) is 7.69. The predicted octanol–water partition coefficient (Wildman–Crippen LogP) is 3.60. The van der Waals surface area contributed by atoms with E-state index in [1.54, 1.807) is 12.1 Å². The molecule has 1 saturated heterocycles. The van der Waals surface area contributed by atoms with Crippen LogP contribution in [0.1, 0.15) is 38.9 Å². The van der Waals surface area contributed by atoms with Crippen LogP contribution in [0.5, 0.6) is 0 Å². The number of carbonyl (C=O) groups excluding carboxylic acids is 2. The fraction of sp³-hybridized carbons (Fsp3) is 0.368. The van der Waals surface area contributed by atoms with Crippen molar-refractivity contribution in [3.8, 4) is 0 Å². The lowest BCUT2D eigenvalue weighted by Gasteiger charge is -2.30. The zero-order valence-corrected chi connectivity index (χ0v) is 16.8. The van der Waals surface area contributed by atoms with E-state index < -0.39 is 11.7 Å². The zero-order valence-electron chi connectivity index (χ0n) is 15.2. The zero-order chi connectivity index (χ0) is 18.7. The van der Waals surface area contributed by atoms with Gasteiger partial charge in [-0.2, -0.15) is 0 Å². The summed E-state index contributed by atoms with van der Waals surface area (Å²) in [7, 11) is 0. The molecule has 1 fully saturated rings. The second kappa shape index (κ2) is 9.30. The van der Waals surface area contributed by atoms with Gasteiger partial charge in [0.25, 0.3) is 11.8 Å². The van der Waals surface area contributed by atoms with Crippen molar-refractivity contribution in [2.24, 2.45) is 5.92 Å². The van der Waals surface area contributed by atoms with Gasteiger partial charge in [0, 0.05) is 18.2 Å². The number of halogens is 2. The fourth-order valence-electron chi connectivity index (χ4n) is 3.00. The summed E-state index contributed by atoms with van der Waals surface area (Å²) in [6, 6.07) is 7.37. The summed E-state index contributed by atoms with van der Waals surface area (Å²) < 4.78 is 13.3. The molecule has 27 heavy (non-hydrogen) atoms. The molecule has 2 aromatic rings. The van der Waals surface area contributed by atoms with Crippen molar-refractivity contribution in [2.75, 3.05) is 18.4 Å². The van der Waals surface area contributed by atoms with Gasteiger partial charge in [-0.3, -0.25) is 9.59 Å². The number of hydrogen-bond acceptors (Lipinski definition) is 4. The number of anilines is 1. The van der Waals surface area contributed by atoms with E-state index in [0.29, 0.717) is 15.8 Å². The molecule has 2 atom stereocenters. The first kappa shape index (κ1) is 21.3. The van der Waals surface area contributed by atoms with Gasteiger partial charge in [-0.1, -0.05) is 13.0 Å². The highest BCUT2D eigenvalue weighted by Crippen LogP contribution is 2.27. The van der Waals surface area contributed by atoms with Crippen molar-refractivity contribution in [1.82, 2.24) is 10.6 Å². The van der Waals surface area contributed by atoms with Crippen LogP contribution in [0.15, 0.2) is 30.3 Å². The Kier molecular flexibility index (Phi) is 7.35. The Morgan fingerprint density at radius 1 is 1.26 bits per heavy atom. The third kappa shape index (κ3) is 5.28. The van der Waals surface area contributed by atoms with Gasteiger partial charge < -0.3 is 16.0 Å². The Balaban J connectivity index is 0.00000261. The summed E-state index contributed by atoms with van der Waals surface area (Å²) in [6.07, 6.45) is 1.03. The van der Waals surface area contributed by atoms with Gasteiger partial charge in [-0.15, -0.1) is 23.7 Å². The van der Waals surface area contributed by atoms with Crippen molar-refractivity contribution < 1.29 is 14.0 Å². The lowest BCUT2D eigenvalue weighted by molar-refractivity contribution is 0.0918. The molecule has 8 heteroatoms. The lowest BCUT2D eigenvalue weighted by Crippen LogP contribution is -2.50. The number of thiophene rings is 1. The van der Waals surface area contributed by atoms with E-state index in [1.807, 2.05) is 6.92 Å². The molecule has 2 amide bonds. The molecule has 2 unspecified atom stereocenters. The Bertz CT molecular complexity index is 827. The third-order valence-corrected chi connectivity index (χ3v) is 5.74. The maximum Gasteiger partial charge on any atom is 0.261 e. The molecule has 3 N–H and O–H groups in total. The fourth-order valence-corrected chi connectivity index (χ4v) is 3.97. The summed E-state index contributed by atoms with van der Waals surface area (Å²) in [5, 5.41) is 9.67. The summed E-state index contributed by atoms with van der Waals surface area (Å²) in [4.78, 5) is 25.4. The Labute approximate surface area is 168 Å². The standard InChI is InChI=1S/C19H22FN3O2S.ClH/c1-11-6-7-21-10-15(11)22-19(25)17-12(2)8-16(26-17)23-18(24)13-4-3-5-14(20)9-13;/h3-5,8-9,11,15,21H,6-7,10H2,1-2H3,(H,22,25)(H,23,24);1H. The number of amides is 2. The molecule has 5 nitrogen and oxygen atoms in total. The van der Waals surface area contributed by atoms with Gasteiger partial charge in [-0.25, -0.2) is 4.39 Å². The second-order valence-electron chi connectivity index (χ2n) is 6.64. The van der Waals surface area contributed by atoms with Crippen LogP contribution in [0.4, 0.5) is 9.39 Å². The van der Waals surface area contributed by atoms with Gasteiger partial charge in [0.2, 0.25) is 0 Å². The summed E-state index contributed by atoms with van der Waals surface area (Å²) in [5.41, 5.74) is 1.04. The van der Waals surface area contributed by atoms with E-state index >= 15 is 0 Å². The van der Waals surface area contributed by atoms with E-state index in [0.717, 1.165) is 25.1 Å². The van der Waals surface area contributed by atoms with E-state index in [-0.39, 0.29) is 29.9 Å². The van der Waals surface area contributed by atoms with E-state index in [2.05, 4.69) is 22.9 Å². The minimum atomic E-state index is -0.463. The Morgan fingerprint density at radius 2 is 2.04 bits per heavy atom. The van der Waals surface area contributed by atoms with Crippen molar-refractivity contribution in [2.45, 2.75) is 26.3 Å². The molecular weight excluding hydrogens is 389 g/mol.